The van der Waals surface area contributed by atoms with Crippen LogP contribution in [-0.4, -0.2) is 4.83 Å². The van der Waals surface area contributed by atoms with Crippen molar-refractivity contribution < 1.29 is 0 Å². The minimum Gasteiger partial charge on any atom is -0.133 e. The van der Waals surface area contributed by atoms with Crippen molar-refractivity contribution in [2.24, 2.45) is 0 Å². The van der Waals surface area contributed by atoms with Crippen molar-refractivity contribution in [1.29, 1.82) is 0 Å². The van der Waals surface area contributed by atoms with E-state index >= 15 is 0 Å². The van der Waals surface area contributed by atoms with Crippen LogP contribution in [0.15, 0.2) is 15.9 Å². The second-order valence-electron chi connectivity index (χ2n) is 2.88. The molecule has 0 radical (unpaired) electrons. The maximum atomic E-state index is 3.55. The lowest BCUT2D eigenvalue weighted by Gasteiger charge is -2.00. The van der Waals surface area contributed by atoms with Crippen molar-refractivity contribution in [1.82, 2.24) is 0 Å². The molecular weight excluding hydrogens is 300 g/mol. The first kappa shape index (κ1) is 10.7. The quantitative estimate of drug-likeness (QED) is 0.712. The molecule has 1 atom stereocenters. The Bertz CT molecular complexity index is 230. The summed E-state index contributed by atoms with van der Waals surface area (Å²) in [6.45, 7) is 2.20. The summed E-state index contributed by atoms with van der Waals surface area (Å²) in [5.74, 6) is 0. The molecule has 0 fully saturated rings. The molecule has 1 aromatic heterocycles. The van der Waals surface area contributed by atoms with E-state index in [-0.39, 0.29) is 0 Å². The number of hydrogen-bond acceptors (Lipinski definition) is 1. The number of aryl methyl sites for hydroxylation is 1. The molecule has 0 aromatic carbocycles. The molecular formula is C9H12Br2S. The van der Waals surface area contributed by atoms with E-state index in [2.05, 4.69) is 50.9 Å². The summed E-state index contributed by atoms with van der Waals surface area (Å²) in [7, 11) is 0. The zero-order chi connectivity index (χ0) is 8.97. The van der Waals surface area contributed by atoms with Gasteiger partial charge in [0, 0.05) is 9.70 Å². The van der Waals surface area contributed by atoms with Crippen molar-refractivity contribution >= 4 is 43.2 Å². The predicted octanol–water partition coefficient (Wildman–Crippen LogP) is 4.62. The number of halogens is 2. The Balaban J connectivity index is 2.24. The summed E-state index contributed by atoms with van der Waals surface area (Å²) in [5.41, 5.74) is 0. The first-order valence-electron chi connectivity index (χ1n) is 4.07. The van der Waals surface area contributed by atoms with Crippen molar-refractivity contribution in [2.45, 2.75) is 31.0 Å². The fourth-order valence-corrected chi connectivity index (χ4v) is 2.89. The molecule has 0 nitrogen and oxygen atoms in total. The molecule has 0 bridgehead atoms. The summed E-state index contributed by atoms with van der Waals surface area (Å²) in [6, 6.07) is 4.32. The molecule has 12 heavy (non-hydrogen) atoms. The normalized spacial score (nSPS) is 13.2. The van der Waals surface area contributed by atoms with Gasteiger partial charge in [0.25, 0.3) is 0 Å². The molecule has 1 rings (SSSR count). The molecule has 68 valence electrons. The molecule has 0 aliphatic carbocycles. The van der Waals surface area contributed by atoms with Crippen LogP contribution < -0.4 is 0 Å². The van der Waals surface area contributed by atoms with Gasteiger partial charge in [-0.05, 0) is 47.3 Å². The van der Waals surface area contributed by atoms with Crippen molar-refractivity contribution in [3.63, 3.8) is 0 Å². The maximum absolute atomic E-state index is 3.55. The highest BCUT2D eigenvalue weighted by Crippen LogP contribution is 2.23. The van der Waals surface area contributed by atoms with Gasteiger partial charge in [-0.1, -0.05) is 22.9 Å². The van der Waals surface area contributed by atoms with E-state index in [9.17, 15) is 0 Å². The number of hydrogen-bond donors (Lipinski definition) is 0. The van der Waals surface area contributed by atoms with Crippen molar-refractivity contribution in [3.05, 3.63) is 20.8 Å². The van der Waals surface area contributed by atoms with E-state index in [4.69, 9.17) is 0 Å². The van der Waals surface area contributed by atoms with Crippen LogP contribution in [0.2, 0.25) is 0 Å². The third-order valence-electron chi connectivity index (χ3n) is 1.65. The Morgan fingerprint density at radius 2 is 2.25 bits per heavy atom. The summed E-state index contributed by atoms with van der Waals surface area (Å²) in [4.78, 5) is 2.14. The molecule has 0 spiro atoms. The van der Waals surface area contributed by atoms with E-state index in [1.54, 1.807) is 0 Å². The van der Waals surface area contributed by atoms with Crippen LogP contribution in [0.4, 0.5) is 0 Å². The Kier molecular flexibility index (Phi) is 4.84. The second-order valence-corrected chi connectivity index (χ2v) is 6.99. The first-order valence-corrected chi connectivity index (χ1v) is 6.59. The maximum Gasteiger partial charge on any atom is 0.0701 e. The summed E-state index contributed by atoms with van der Waals surface area (Å²) < 4.78 is 1.24. The highest BCUT2D eigenvalue weighted by atomic mass is 79.9. The van der Waals surface area contributed by atoms with Crippen LogP contribution in [-0.2, 0) is 6.42 Å². The Morgan fingerprint density at radius 1 is 1.50 bits per heavy atom. The standard InChI is InChI=1S/C9H12Br2S/c1-7(10)3-2-4-8-5-6-9(11)12-8/h5-7H,2-4H2,1H3. The molecule has 0 aliphatic heterocycles. The van der Waals surface area contributed by atoms with Crippen LogP contribution in [0.5, 0.6) is 0 Å². The van der Waals surface area contributed by atoms with Gasteiger partial charge in [0.1, 0.15) is 0 Å². The average Bonchev–Trinajstić information content (AvgIpc) is 2.35. The van der Waals surface area contributed by atoms with Crippen LogP contribution in [0.3, 0.4) is 0 Å². The van der Waals surface area contributed by atoms with Crippen molar-refractivity contribution in [3.8, 4) is 0 Å². The lowest BCUT2D eigenvalue weighted by molar-refractivity contribution is 0.742. The minimum atomic E-state index is 0.654. The van der Waals surface area contributed by atoms with Gasteiger partial charge in [0.05, 0.1) is 3.79 Å². The van der Waals surface area contributed by atoms with E-state index < -0.39 is 0 Å². The fraction of sp³-hybridized carbons (Fsp3) is 0.556. The lowest BCUT2D eigenvalue weighted by Crippen LogP contribution is -1.90. The summed E-state index contributed by atoms with van der Waals surface area (Å²) >= 11 is 8.85. The van der Waals surface area contributed by atoms with Crippen LogP contribution >= 0.6 is 43.2 Å². The molecule has 0 amide bonds. The molecule has 0 N–H and O–H groups in total. The third kappa shape index (κ3) is 4.06. The topological polar surface area (TPSA) is 0 Å². The Labute approximate surface area is 94.6 Å². The summed E-state index contributed by atoms with van der Waals surface area (Å²) in [5, 5.41) is 0. The SMILES string of the molecule is CC(Br)CCCc1ccc(Br)s1. The molecule has 1 aromatic rings. The van der Waals surface area contributed by atoms with Gasteiger partial charge in [-0.3, -0.25) is 0 Å². The second kappa shape index (κ2) is 5.40. The highest BCUT2D eigenvalue weighted by Gasteiger charge is 1.99. The van der Waals surface area contributed by atoms with Crippen LogP contribution in [0.1, 0.15) is 24.6 Å². The monoisotopic (exact) mass is 310 g/mol. The number of rotatable bonds is 4. The van der Waals surface area contributed by atoms with Crippen LogP contribution in [0, 0.1) is 0 Å². The Morgan fingerprint density at radius 3 is 2.75 bits per heavy atom. The van der Waals surface area contributed by atoms with Gasteiger partial charge >= 0.3 is 0 Å². The lowest BCUT2D eigenvalue weighted by atomic mass is 10.2. The molecule has 0 saturated carbocycles. The van der Waals surface area contributed by atoms with Crippen molar-refractivity contribution in [2.75, 3.05) is 0 Å². The van der Waals surface area contributed by atoms with Gasteiger partial charge < -0.3 is 0 Å². The van der Waals surface area contributed by atoms with Gasteiger partial charge in [-0.15, -0.1) is 11.3 Å². The smallest absolute Gasteiger partial charge is 0.0701 e. The average molecular weight is 312 g/mol. The van der Waals surface area contributed by atoms with Gasteiger partial charge in [-0.25, -0.2) is 0 Å². The molecule has 0 aliphatic rings. The van der Waals surface area contributed by atoms with Gasteiger partial charge in [-0.2, -0.15) is 0 Å². The number of alkyl halides is 1. The van der Waals surface area contributed by atoms with E-state index in [1.165, 1.54) is 27.9 Å². The highest BCUT2D eigenvalue weighted by molar-refractivity contribution is 9.11. The molecule has 3 heteroatoms. The Hall–Kier alpha value is 0.660. The van der Waals surface area contributed by atoms with Crippen LogP contribution in [0.25, 0.3) is 0 Å². The predicted molar refractivity (Wildman–Crippen MR) is 63.3 cm³/mol. The van der Waals surface area contributed by atoms with E-state index in [1.807, 2.05) is 11.3 Å². The third-order valence-corrected chi connectivity index (χ3v) is 3.80. The molecule has 1 unspecified atom stereocenters. The minimum absolute atomic E-state index is 0.654. The molecule has 0 saturated heterocycles. The zero-order valence-corrected chi connectivity index (χ0v) is 11.0. The molecule has 1 heterocycles. The fourth-order valence-electron chi connectivity index (χ4n) is 1.04. The first-order chi connectivity index (χ1) is 5.68. The van der Waals surface area contributed by atoms with E-state index in [0.29, 0.717) is 4.83 Å². The number of thiophene rings is 1. The van der Waals surface area contributed by atoms with Gasteiger partial charge in [0.2, 0.25) is 0 Å². The summed E-state index contributed by atoms with van der Waals surface area (Å²) in [6.07, 6.45) is 3.75. The van der Waals surface area contributed by atoms with E-state index in [0.717, 1.165) is 0 Å². The largest absolute Gasteiger partial charge is 0.133 e. The zero-order valence-electron chi connectivity index (χ0n) is 7.02. The van der Waals surface area contributed by atoms with Gasteiger partial charge in [0.15, 0.2) is 0 Å².